The molecule has 0 aromatic carbocycles. The first-order valence-corrected chi connectivity index (χ1v) is 15.5. The Labute approximate surface area is 200 Å². The van der Waals surface area contributed by atoms with E-state index in [0.717, 1.165) is 19.0 Å². The van der Waals surface area contributed by atoms with Gasteiger partial charge in [0.15, 0.2) is 0 Å². The van der Waals surface area contributed by atoms with Crippen LogP contribution in [0.5, 0.6) is 0 Å². The fourth-order valence-electron chi connectivity index (χ4n) is 4.05. The number of aliphatic imine (C=N–C) groups is 1. The highest BCUT2D eigenvalue weighted by Gasteiger charge is 2.39. The van der Waals surface area contributed by atoms with E-state index < -0.39 is 8.80 Å². The quantitative estimate of drug-likeness (QED) is 0.0577. The average molecular weight is 474 g/mol. The van der Waals surface area contributed by atoms with Crippen molar-refractivity contribution in [2.24, 2.45) is 4.99 Å². The zero-order chi connectivity index (χ0) is 22.9. The van der Waals surface area contributed by atoms with Gasteiger partial charge in [-0.2, -0.15) is 0 Å². The molecule has 0 aliphatic carbocycles. The van der Waals surface area contributed by atoms with Crippen LogP contribution >= 0.6 is 12.2 Å². The van der Waals surface area contributed by atoms with Crippen LogP contribution in [0.2, 0.25) is 6.04 Å². The molecule has 0 saturated carbocycles. The lowest BCUT2D eigenvalue weighted by Crippen LogP contribution is -2.45. The topological polar surface area (TPSA) is 40.0 Å². The Morgan fingerprint density at radius 2 is 0.871 bits per heavy atom. The Hall–Kier alpha value is -0.103. The molecule has 0 aromatic heterocycles. The van der Waals surface area contributed by atoms with E-state index in [4.69, 9.17) is 13.3 Å². The van der Waals surface area contributed by atoms with Gasteiger partial charge in [-0.25, -0.2) is 4.99 Å². The Balaban J connectivity index is 3.41. The highest BCUT2D eigenvalue weighted by atomic mass is 32.1. The van der Waals surface area contributed by atoms with Crippen LogP contribution in [-0.2, 0) is 13.3 Å². The molecule has 0 radical (unpaired) electrons. The van der Waals surface area contributed by atoms with Gasteiger partial charge in [0.1, 0.15) is 0 Å². The molecule has 0 bridgehead atoms. The molecule has 0 atom stereocenters. The van der Waals surface area contributed by atoms with Gasteiger partial charge in [-0.3, -0.25) is 0 Å². The highest BCUT2D eigenvalue weighted by Crippen LogP contribution is 2.21. The monoisotopic (exact) mass is 473 g/mol. The molecule has 0 amide bonds. The Morgan fingerprint density at radius 1 is 0.548 bits per heavy atom. The maximum absolute atomic E-state index is 5.93. The van der Waals surface area contributed by atoms with E-state index in [2.05, 4.69) is 22.4 Å². The molecule has 0 rings (SSSR count). The van der Waals surface area contributed by atoms with E-state index in [1.165, 1.54) is 96.3 Å². The first-order valence-electron chi connectivity index (χ1n) is 13.2. The molecule has 31 heavy (non-hydrogen) atoms. The summed E-state index contributed by atoms with van der Waals surface area (Å²) in [7, 11) is -2.42. The molecule has 0 N–H and O–H groups in total. The summed E-state index contributed by atoms with van der Waals surface area (Å²) in [5, 5.41) is 2.44. The Morgan fingerprint density at radius 3 is 1.19 bits per heavy atom. The molecule has 0 heterocycles. The lowest BCUT2D eigenvalue weighted by molar-refractivity contribution is 0.0706. The summed E-state index contributed by atoms with van der Waals surface area (Å²) in [5.41, 5.74) is 0. The van der Waals surface area contributed by atoms with Gasteiger partial charge in [0.05, 0.1) is 5.16 Å². The third-order valence-electron chi connectivity index (χ3n) is 5.66. The first-order chi connectivity index (χ1) is 15.2. The van der Waals surface area contributed by atoms with Crippen molar-refractivity contribution in [1.82, 2.24) is 0 Å². The van der Waals surface area contributed by atoms with E-state index in [-0.39, 0.29) is 0 Å². The highest BCUT2D eigenvalue weighted by molar-refractivity contribution is 7.78. The first kappa shape index (κ1) is 30.9. The van der Waals surface area contributed by atoms with Crippen LogP contribution in [0.3, 0.4) is 0 Å². The predicted molar refractivity (Wildman–Crippen MR) is 139 cm³/mol. The summed E-state index contributed by atoms with van der Waals surface area (Å²) < 4.78 is 17.8. The van der Waals surface area contributed by atoms with Crippen LogP contribution in [-0.4, -0.2) is 40.3 Å². The van der Waals surface area contributed by atoms with E-state index in [1.54, 1.807) is 0 Å². The van der Waals surface area contributed by atoms with Gasteiger partial charge in [-0.1, -0.05) is 89.9 Å². The van der Waals surface area contributed by atoms with E-state index in [1.807, 2.05) is 20.8 Å². The number of hydrogen-bond acceptors (Lipinski definition) is 5. The summed E-state index contributed by atoms with van der Waals surface area (Å²) >= 11 is 4.57. The van der Waals surface area contributed by atoms with Crippen molar-refractivity contribution in [2.45, 2.75) is 130 Å². The van der Waals surface area contributed by atoms with Crippen LogP contribution in [0.15, 0.2) is 4.99 Å². The molecule has 4 nitrogen and oxygen atoms in total. The van der Waals surface area contributed by atoms with Crippen molar-refractivity contribution in [1.29, 1.82) is 0 Å². The predicted octanol–water partition coefficient (Wildman–Crippen LogP) is 8.38. The molecule has 184 valence electrons. The van der Waals surface area contributed by atoms with Gasteiger partial charge in [-0.15, -0.1) is 0 Å². The zero-order valence-corrected chi connectivity index (χ0v) is 22.7. The molecular weight excluding hydrogens is 422 g/mol. The Kier molecular flexibility index (Phi) is 24.5. The van der Waals surface area contributed by atoms with Crippen LogP contribution in [0.1, 0.15) is 124 Å². The van der Waals surface area contributed by atoms with Crippen molar-refractivity contribution >= 4 is 26.2 Å². The van der Waals surface area contributed by atoms with Crippen LogP contribution < -0.4 is 0 Å². The van der Waals surface area contributed by atoms with Crippen molar-refractivity contribution in [2.75, 3.05) is 26.4 Å². The summed E-state index contributed by atoms with van der Waals surface area (Å²) in [6.07, 6.45) is 21.6. The van der Waals surface area contributed by atoms with Gasteiger partial charge in [0.2, 0.25) is 0 Å². The number of hydrogen-bond donors (Lipinski definition) is 0. The fraction of sp³-hybridized carbons (Fsp3) is 0.960. The largest absolute Gasteiger partial charge is 0.500 e. The van der Waals surface area contributed by atoms with Gasteiger partial charge in [0.25, 0.3) is 0 Å². The molecule has 0 saturated heterocycles. The fourth-order valence-corrected chi connectivity index (χ4v) is 6.83. The molecule has 0 spiro atoms. The normalized spacial score (nSPS) is 11.6. The van der Waals surface area contributed by atoms with Crippen molar-refractivity contribution in [3.05, 3.63) is 0 Å². The zero-order valence-electron chi connectivity index (χ0n) is 20.9. The summed E-state index contributed by atoms with van der Waals surface area (Å²) in [4.78, 5) is 3.96. The second-order valence-corrected chi connectivity index (χ2v) is 11.3. The minimum atomic E-state index is -2.42. The van der Waals surface area contributed by atoms with Crippen molar-refractivity contribution < 1.29 is 13.3 Å². The summed E-state index contributed by atoms with van der Waals surface area (Å²) in [6.45, 7) is 8.99. The molecule has 0 unspecified atom stereocenters. The summed E-state index contributed by atoms with van der Waals surface area (Å²) in [5.74, 6) is 0. The smallest absolute Gasteiger partial charge is 0.374 e. The maximum Gasteiger partial charge on any atom is 0.500 e. The van der Waals surface area contributed by atoms with Crippen molar-refractivity contribution in [3.8, 4) is 0 Å². The van der Waals surface area contributed by atoms with Gasteiger partial charge >= 0.3 is 8.80 Å². The number of rotatable bonds is 25. The number of unbranched alkanes of at least 4 members (excludes halogenated alkanes) is 15. The lowest BCUT2D eigenvalue weighted by Gasteiger charge is -2.28. The minimum Gasteiger partial charge on any atom is -0.374 e. The van der Waals surface area contributed by atoms with E-state index >= 15 is 0 Å². The third kappa shape index (κ3) is 20.2. The molecule has 0 aromatic rings. The maximum atomic E-state index is 5.93. The van der Waals surface area contributed by atoms with E-state index in [9.17, 15) is 0 Å². The standard InChI is InChI=1S/C25H51NO3SSi/c1-4-27-31(28-5-2,29-6-3)24-22-20-18-16-14-12-10-8-7-9-11-13-15-17-19-21-23-26-25-30/h4-24H2,1-3H3. The van der Waals surface area contributed by atoms with Crippen LogP contribution in [0.4, 0.5) is 0 Å². The van der Waals surface area contributed by atoms with Gasteiger partial charge < -0.3 is 13.3 Å². The second-order valence-electron chi connectivity index (χ2n) is 8.36. The SMILES string of the molecule is CCO[Si](CCCCCCCCCCCCCCCCCCN=C=S)(OCC)OCC. The van der Waals surface area contributed by atoms with Gasteiger partial charge in [-0.05, 0) is 45.8 Å². The molecule has 6 heteroatoms. The van der Waals surface area contributed by atoms with Crippen LogP contribution in [0, 0.1) is 0 Å². The number of isothiocyanates is 1. The third-order valence-corrected chi connectivity index (χ3v) is 8.94. The van der Waals surface area contributed by atoms with E-state index in [0.29, 0.717) is 19.8 Å². The number of thiocarbonyl (C=S) groups is 1. The molecule has 0 fully saturated rings. The second kappa shape index (κ2) is 24.5. The summed E-state index contributed by atoms with van der Waals surface area (Å²) in [6, 6.07) is 0.963. The Bertz CT molecular complexity index is 403. The van der Waals surface area contributed by atoms with Gasteiger partial charge in [0, 0.05) is 32.4 Å². The molecule has 0 aliphatic rings. The molecule has 0 aliphatic heterocycles. The van der Waals surface area contributed by atoms with Crippen LogP contribution in [0.25, 0.3) is 0 Å². The molecular formula is C25H51NO3SSi. The average Bonchev–Trinajstić information content (AvgIpc) is 2.76. The lowest BCUT2D eigenvalue weighted by atomic mass is 10.0. The number of nitrogens with zero attached hydrogens (tertiary/aromatic N) is 1. The minimum absolute atomic E-state index is 0.678. The van der Waals surface area contributed by atoms with Crippen molar-refractivity contribution in [3.63, 3.8) is 0 Å².